The van der Waals surface area contributed by atoms with Crippen molar-refractivity contribution >= 4 is 35.0 Å². The smallest absolute Gasteiger partial charge is 0.0945 e. The van der Waals surface area contributed by atoms with Crippen molar-refractivity contribution in [3.63, 3.8) is 0 Å². The minimum absolute atomic E-state index is 0.557. The van der Waals surface area contributed by atoms with E-state index < -0.39 is 0 Å². The van der Waals surface area contributed by atoms with E-state index in [0.29, 0.717) is 10.3 Å². The maximum Gasteiger partial charge on any atom is 0.0945 e. The number of rotatable bonds is 7. The number of aryl methyl sites for hydroxylation is 1. The zero-order valence-corrected chi connectivity index (χ0v) is 13.8. The van der Waals surface area contributed by atoms with Crippen molar-refractivity contribution in [1.82, 2.24) is 9.55 Å². The second-order valence-corrected chi connectivity index (χ2v) is 6.88. The molecule has 1 atom stereocenters. The highest BCUT2D eigenvalue weighted by molar-refractivity contribution is 8.00. The van der Waals surface area contributed by atoms with Crippen molar-refractivity contribution in [3.8, 4) is 0 Å². The lowest BCUT2D eigenvalue weighted by atomic mass is 10.2. The number of nitrogens with zero attached hydrogens (tertiary/aromatic N) is 2. The summed E-state index contributed by atoms with van der Waals surface area (Å²) in [5, 5.41) is 1.98. The normalized spacial score (nSPS) is 12.6. The molecule has 0 saturated carbocycles. The zero-order valence-electron chi connectivity index (χ0n) is 11.4. The Bertz CT molecular complexity index is 529. The average molecular weight is 329 g/mol. The van der Waals surface area contributed by atoms with Gasteiger partial charge in [-0.25, -0.2) is 4.98 Å². The second-order valence-electron chi connectivity index (χ2n) is 4.69. The Kier molecular flexibility index (Phi) is 6.27. The summed E-state index contributed by atoms with van der Waals surface area (Å²) >= 11 is 14.0. The van der Waals surface area contributed by atoms with E-state index in [0.717, 1.165) is 22.9 Å². The standard InChI is InChI=1S/C15H18Cl2N2S/c1-2-3-13(6-8-19-9-7-18-11-19)20-15-5-4-12(16)10-14(15)17/h4-5,7,9-11,13H,2-3,6,8H2,1H3. The zero-order chi connectivity index (χ0) is 14.4. The highest BCUT2D eigenvalue weighted by atomic mass is 35.5. The van der Waals surface area contributed by atoms with E-state index in [4.69, 9.17) is 23.2 Å². The maximum absolute atomic E-state index is 6.25. The Morgan fingerprint density at radius 3 is 2.80 bits per heavy atom. The summed E-state index contributed by atoms with van der Waals surface area (Å²) in [5.74, 6) is 0. The molecule has 0 aliphatic carbocycles. The molecule has 0 bridgehead atoms. The van der Waals surface area contributed by atoms with Gasteiger partial charge in [0.15, 0.2) is 0 Å². The van der Waals surface area contributed by atoms with Gasteiger partial charge in [-0.2, -0.15) is 0 Å². The number of hydrogen-bond acceptors (Lipinski definition) is 2. The lowest BCUT2D eigenvalue weighted by Gasteiger charge is -2.17. The third-order valence-electron chi connectivity index (χ3n) is 3.07. The van der Waals surface area contributed by atoms with Crippen LogP contribution in [-0.4, -0.2) is 14.8 Å². The van der Waals surface area contributed by atoms with Gasteiger partial charge in [-0.3, -0.25) is 0 Å². The molecule has 0 N–H and O–H groups in total. The van der Waals surface area contributed by atoms with Crippen LogP contribution in [0.15, 0.2) is 41.8 Å². The Hall–Kier alpha value is -0.640. The van der Waals surface area contributed by atoms with E-state index in [1.54, 1.807) is 0 Å². The Labute approximate surface area is 134 Å². The Morgan fingerprint density at radius 1 is 1.30 bits per heavy atom. The van der Waals surface area contributed by atoms with Gasteiger partial charge in [0.05, 0.1) is 11.3 Å². The van der Waals surface area contributed by atoms with Gasteiger partial charge >= 0.3 is 0 Å². The SMILES string of the molecule is CCCC(CCn1ccnc1)Sc1ccc(Cl)cc1Cl. The lowest BCUT2D eigenvalue weighted by molar-refractivity contribution is 0.594. The van der Waals surface area contributed by atoms with Crippen molar-refractivity contribution in [2.24, 2.45) is 0 Å². The predicted octanol–water partition coefficient (Wildman–Crippen LogP) is 5.54. The van der Waals surface area contributed by atoms with Gasteiger partial charge in [0.25, 0.3) is 0 Å². The van der Waals surface area contributed by atoms with Crippen molar-refractivity contribution in [1.29, 1.82) is 0 Å². The quantitative estimate of drug-likeness (QED) is 0.621. The number of imidazole rings is 1. The van der Waals surface area contributed by atoms with Crippen molar-refractivity contribution in [3.05, 3.63) is 47.0 Å². The molecule has 0 aliphatic heterocycles. The van der Waals surface area contributed by atoms with Gasteiger partial charge in [-0.05, 0) is 31.0 Å². The largest absolute Gasteiger partial charge is 0.337 e. The molecule has 1 aromatic carbocycles. The summed E-state index contributed by atoms with van der Waals surface area (Å²) in [6, 6.07) is 5.72. The summed E-state index contributed by atoms with van der Waals surface area (Å²) in [6.45, 7) is 3.21. The summed E-state index contributed by atoms with van der Waals surface area (Å²) in [7, 11) is 0. The highest BCUT2D eigenvalue weighted by Gasteiger charge is 2.12. The minimum atomic E-state index is 0.557. The maximum atomic E-state index is 6.25. The third-order valence-corrected chi connectivity index (χ3v) is 5.14. The number of thioether (sulfide) groups is 1. The van der Waals surface area contributed by atoms with E-state index >= 15 is 0 Å². The molecule has 0 saturated heterocycles. The van der Waals surface area contributed by atoms with E-state index in [2.05, 4.69) is 16.5 Å². The van der Waals surface area contributed by atoms with Crippen LogP contribution in [0.25, 0.3) is 0 Å². The van der Waals surface area contributed by atoms with E-state index in [9.17, 15) is 0 Å². The topological polar surface area (TPSA) is 17.8 Å². The molecular weight excluding hydrogens is 311 g/mol. The lowest BCUT2D eigenvalue weighted by Crippen LogP contribution is -2.07. The van der Waals surface area contributed by atoms with Crippen LogP contribution in [0.2, 0.25) is 10.0 Å². The number of hydrogen-bond donors (Lipinski definition) is 0. The van der Waals surface area contributed by atoms with Gasteiger partial charge in [-0.1, -0.05) is 36.5 Å². The molecule has 0 aliphatic rings. The molecule has 0 amide bonds. The summed E-state index contributed by atoms with van der Waals surface area (Å²) in [4.78, 5) is 5.19. The van der Waals surface area contributed by atoms with Gasteiger partial charge in [0, 0.05) is 34.1 Å². The fourth-order valence-electron chi connectivity index (χ4n) is 2.05. The molecule has 108 valence electrons. The fraction of sp³-hybridized carbons (Fsp3) is 0.400. The van der Waals surface area contributed by atoms with Crippen molar-refractivity contribution in [2.75, 3.05) is 0 Å². The molecule has 1 aromatic heterocycles. The van der Waals surface area contributed by atoms with Crippen LogP contribution in [0.3, 0.4) is 0 Å². The molecule has 0 fully saturated rings. The number of benzene rings is 1. The van der Waals surface area contributed by atoms with E-state index in [1.807, 2.05) is 48.7 Å². The summed E-state index contributed by atoms with van der Waals surface area (Å²) < 4.78 is 2.12. The molecule has 0 radical (unpaired) electrons. The first-order valence-corrected chi connectivity index (χ1v) is 8.40. The van der Waals surface area contributed by atoms with Crippen LogP contribution < -0.4 is 0 Å². The highest BCUT2D eigenvalue weighted by Crippen LogP contribution is 2.35. The van der Waals surface area contributed by atoms with Crippen LogP contribution in [0.5, 0.6) is 0 Å². The Morgan fingerprint density at radius 2 is 2.15 bits per heavy atom. The first kappa shape index (κ1) is 15.7. The van der Waals surface area contributed by atoms with E-state index in [-0.39, 0.29) is 0 Å². The van der Waals surface area contributed by atoms with Crippen LogP contribution in [-0.2, 0) is 6.54 Å². The molecule has 2 nitrogen and oxygen atoms in total. The van der Waals surface area contributed by atoms with Gasteiger partial charge in [0.1, 0.15) is 0 Å². The van der Waals surface area contributed by atoms with E-state index in [1.165, 1.54) is 12.8 Å². The third kappa shape index (κ3) is 4.72. The van der Waals surface area contributed by atoms with Crippen molar-refractivity contribution in [2.45, 2.75) is 42.9 Å². The predicted molar refractivity (Wildman–Crippen MR) is 87.9 cm³/mol. The monoisotopic (exact) mass is 328 g/mol. The molecule has 2 rings (SSSR count). The molecule has 2 aromatic rings. The number of halogens is 2. The second kappa shape index (κ2) is 7.96. The molecule has 1 heterocycles. The van der Waals surface area contributed by atoms with Crippen LogP contribution >= 0.6 is 35.0 Å². The molecular formula is C15H18Cl2N2S. The minimum Gasteiger partial charge on any atom is -0.337 e. The molecule has 5 heteroatoms. The molecule has 1 unspecified atom stereocenters. The average Bonchev–Trinajstić information content (AvgIpc) is 2.92. The van der Waals surface area contributed by atoms with Crippen LogP contribution in [0, 0.1) is 0 Å². The molecule has 20 heavy (non-hydrogen) atoms. The fourth-order valence-corrected chi connectivity index (χ4v) is 3.84. The molecule has 0 spiro atoms. The van der Waals surface area contributed by atoms with Gasteiger partial charge in [-0.15, -0.1) is 11.8 Å². The summed E-state index contributed by atoms with van der Waals surface area (Å²) in [6.07, 6.45) is 9.14. The van der Waals surface area contributed by atoms with Crippen molar-refractivity contribution < 1.29 is 0 Å². The van der Waals surface area contributed by atoms with Gasteiger partial charge < -0.3 is 4.57 Å². The summed E-state index contributed by atoms with van der Waals surface area (Å²) in [5.41, 5.74) is 0. The number of aromatic nitrogens is 2. The Balaban J connectivity index is 1.97. The van der Waals surface area contributed by atoms with Crippen LogP contribution in [0.4, 0.5) is 0 Å². The van der Waals surface area contributed by atoms with Gasteiger partial charge in [0.2, 0.25) is 0 Å². The first-order valence-electron chi connectivity index (χ1n) is 6.76. The van der Waals surface area contributed by atoms with Crippen LogP contribution in [0.1, 0.15) is 26.2 Å². The first-order chi connectivity index (χ1) is 9.69.